The van der Waals surface area contributed by atoms with E-state index in [1.54, 1.807) is 0 Å². The van der Waals surface area contributed by atoms with Crippen LogP contribution in [0.15, 0.2) is 24.3 Å². The number of carbonyl (C=O) groups excluding carboxylic acids is 1. The van der Waals surface area contributed by atoms with Crippen molar-refractivity contribution >= 4 is 5.91 Å². The Kier molecular flexibility index (Phi) is 3.56. The van der Waals surface area contributed by atoms with Crippen LogP contribution in [0.3, 0.4) is 0 Å². The van der Waals surface area contributed by atoms with Crippen LogP contribution in [0, 0.1) is 0 Å². The SMILES string of the molecule is O=C1CN(Cc2ccc(C(F)(F)F)cc2)CCN1. The average Bonchev–Trinajstić information content (AvgIpc) is 2.28. The van der Waals surface area contributed by atoms with Gasteiger partial charge in [-0.3, -0.25) is 9.69 Å². The average molecular weight is 258 g/mol. The van der Waals surface area contributed by atoms with Crippen LogP contribution < -0.4 is 5.32 Å². The van der Waals surface area contributed by atoms with Gasteiger partial charge < -0.3 is 5.32 Å². The number of benzene rings is 1. The number of alkyl halides is 3. The third-order valence-electron chi connectivity index (χ3n) is 2.80. The Labute approximate surface area is 103 Å². The van der Waals surface area contributed by atoms with Crippen LogP contribution >= 0.6 is 0 Å². The molecule has 1 aromatic rings. The highest BCUT2D eigenvalue weighted by Gasteiger charge is 2.30. The molecule has 1 N–H and O–H groups in total. The van der Waals surface area contributed by atoms with Crippen LogP contribution in [0.2, 0.25) is 0 Å². The van der Waals surface area contributed by atoms with E-state index in [4.69, 9.17) is 0 Å². The largest absolute Gasteiger partial charge is 0.416 e. The summed E-state index contributed by atoms with van der Waals surface area (Å²) in [5.41, 5.74) is 0.125. The maximum Gasteiger partial charge on any atom is 0.416 e. The second-order valence-electron chi connectivity index (χ2n) is 4.26. The highest BCUT2D eigenvalue weighted by Crippen LogP contribution is 2.29. The lowest BCUT2D eigenvalue weighted by molar-refractivity contribution is -0.137. The Balaban J connectivity index is 2.00. The zero-order valence-electron chi connectivity index (χ0n) is 9.63. The van der Waals surface area contributed by atoms with Crippen molar-refractivity contribution in [1.82, 2.24) is 10.2 Å². The third kappa shape index (κ3) is 3.22. The van der Waals surface area contributed by atoms with Crippen LogP contribution in [0.4, 0.5) is 13.2 Å². The summed E-state index contributed by atoms with van der Waals surface area (Å²) in [5.74, 6) is -0.0480. The number of piperazine rings is 1. The molecule has 1 saturated heterocycles. The number of nitrogens with zero attached hydrogens (tertiary/aromatic N) is 1. The zero-order valence-corrected chi connectivity index (χ0v) is 9.63. The van der Waals surface area contributed by atoms with Gasteiger partial charge in [0.2, 0.25) is 5.91 Å². The van der Waals surface area contributed by atoms with Crippen molar-refractivity contribution in [2.75, 3.05) is 19.6 Å². The first-order valence-corrected chi connectivity index (χ1v) is 5.60. The predicted molar refractivity (Wildman–Crippen MR) is 59.7 cm³/mol. The summed E-state index contributed by atoms with van der Waals surface area (Å²) < 4.78 is 37.1. The van der Waals surface area contributed by atoms with Gasteiger partial charge >= 0.3 is 6.18 Å². The lowest BCUT2D eigenvalue weighted by Crippen LogP contribution is -2.47. The predicted octanol–water partition coefficient (Wildman–Crippen LogP) is 1.64. The first kappa shape index (κ1) is 12.9. The van der Waals surface area contributed by atoms with Gasteiger partial charge in [-0.2, -0.15) is 13.2 Å². The second-order valence-corrected chi connectivity index (χ2v) is 4.26. The lowest BCUT2D eigenvalue weighted by Gasteiger charge is -2.26. The Morgan fingerprint density at radius 2 is 1.89 bits per heavy atom. The molecule has 1 aromatic carbocycles. The molecule has 98 valence electrons. The summed E-state index contributed by atoms with van der Waals surface area (Å²) in [6, 6.07) is 5.05. The van der Waals surface area contributed by atoms with E-state index in [2.05, 4.69) is 5.32 Å². The van der Waals surface area contributed by atoms with Gasteiger partial charge in [-0.15, -0.1) is 0 Å². The van der Waals surface area contributed by atoms with Gasteiger partial charge in [-0.25, -0.2) is 0 Å². The van der Waals surface area contributed by atoms with Gasteiger partial charge in [-0.1, -0.05) is 12.1 Å². The summed E-state index contributed by atoms with van der Waals surface area (Å²) in [6.45, 7) is 2.08. The molecule has 0 atom stereocenters. The molecule has 1 aliphatic heterocycles. The van der Waals surface area contributed by atoms with Gasteiger partial charge in [0, 0.05) is 19.6 Å². The van der Waals surface area contributed by atoms with Crippen molar-refractivity contribution in [3.8, 4) is 0 Å². The summed E-state index contributed by atoms with van der Waals surface area (Å²) in [7, 11) is 0. The molecule has 0 radical (unpaired) electrons. The highest BCUT2D eigenvalue weighted by molar-refractivity contribution is 5.78. The second kappa shape index (κ2) is 4.97. The van der Waals surface area contributed by atoms with Crippen molar-refractivity contribution in [2.24, 2.45) is 0 Å². The van der Waals surface area contributed by atoms with E-state index < -0.39 is 11.7 Å². The Hall–Kier alpha value is -1.56. The van der Waals surface area contributed by atoms with Crippen LogP contribution in [0.1, 0.15) is 11.1 Å². The molecule has 0 saturated carbocycles. The van der Waals surface area contributed by atoms with E-state index >= 15 is 0 Å². The number of hydrogen-bond acceptors (Lipinski definition) is 2. The quantitative estimate of drug-likeness (QED) is 0.874. The van der Waals surface area contributed by atoms with E-state index in [0.717, 1.165) is 17.7 Å². The number of amides is 1. The zero-order chi connectivity index (χ0) is 13.2. The van der Waals surface area contributed by atoms with Gasteiger partial charge in [0.15, 0.2) is 0 Å². The first-order chi connectivity index (χ1) is 8.45. The fourth-order valence-electron chi connectivity index (χ4n) is 1.88. The monoisotopic (exact) mass is 258 g/mol. The topological polar surface area (TPSA) is 32.3 Å². The minimum absolute atomic E-state index is 0.0480. The molecule has 0 bridgehead atoms. The number of nitrogens with one attached hydrogen (secondary N) is 1. The lowest BCUT2D eigenvalue weighted by atomic mass is 10.1. The molecule has 0 aliphatic carbocycles. The minimum atomic E-state index is -4.30. The van der Waals surface area contributed by atoms with Crippen molar-refractivity contribution < 1.29 is 18.0 Å². The standard InChI is InChI=1S/C12H13F3N2O/c13-12(14,15)10-3-1-9(2-4-10)7-17-6-5-16-11(18)8-17/h1-4H,5-8H2,(H,16,18). The summed E-state index contributed by atoms with van der Waals surface area (Å²) in [5, 5.41) is 2.70. The molecule has 1 amide bonds. The van der Waals surface area contributed by atoms with Crippen LogP contribution in [0.5, 0.6) is 0 Å². The van der Waals surface area contributed by atoms with E-state index in [-0.39, 0.29) is 5.91 Å². The molecular weight excluding hydrogens is 245 g/mol. The van der Waals surface area contributed by atoms with E-state index in [1.807, 2.05) is 4.90 Å². The summed E-state index contributed by atoms with van der Waals surface area (Å²) >= 11 is 0. The van der Waals surface area contributed by atoms with Crippen molar-refractivity contribution in [2.45, 2.75) is 12.7 Å². The van der Waals surface area contributed by atoms with Crippen molar-refractivity contribution in [3.05, 3.63) is 35.4 Å². The fourth-order valence-corrected chi connectivity index (χ4v) is 1.88. The number of carbonyl (C=O) groups is 1. The number of rotatable bonds is 2. The van der Waals surface area contributed by atoms with E-state index in [9.17, 15) is 18.0 Å². The van der Waals surface area contributed by atoms with E-state index in [1.165, 1.54) is 12.1 Å². The van der Waals surface area contributed by atoms with Gasteiger partial charge in [-0.05, 0) is 17.7 Å². The van der Waals surface area contributed by atoms with Crippen LogP contribution in [-0.4, -0.2) is 30.4 Å². The van der Waals surface area contributed by atoms with Crippen molar-refractivity contribution in [1.29, 1.82) is 0 Å². The normalized spacial score (nSPS) is 17.6. The molecular formula is C12H13F3N2O. The maximum absolute atomic E-state index is 12.4. The summed E-state index contributed by atoms with van der Waals surface area (Å²) in [6.07, 6.45) is -4.30. The molecule has 6 heteroatoms. The maximum atomic E-state index is 12.4. The molecule has 18 heavy (non-hydrogen) atoms. The van der Waals surface area contributed by atoms with Crippen molar-refractivity contribution in [3.63, 3.8) is 0 Å². The molecule has 0 unspecified atom stereocenters. The summed E-state index contributed by atoms with van der Waals surface area (Å²) in [4.78, 5) is 13.1. The number of halogens is 3. The van der Waals surface area contributed by atoms with Gasteiger partial charge in [0.05, 0.1) is 12.1 Å². The minimum Gasteiger partial charge on any atom is -0.354 e. The van der Waals surface area contributed by atoms with Gasteiger partial charge in [0.25, 0.3) is 0 Å². The Bertz CT molecular complexity index is 428. The molecule has 2 rings (SSSR count). The van der Waals surface area contributed by atoms with E-state index in [0.29, 0.717) is 26.2 Å². The van der Waals surface area contributed by atoms with Crippen LogP contribution in [0.25, 0.3) is 0 Å². The molecule has 0 aromatic heterocycles. The molecule has 0 spiro atoms. The highest BCUT2D eigenvalue weighted by atomic mass is 19.4. The molecule has 1 aliphatic rings. The fraction of sp³-hybridized carbons (Fsp3) is 0.417. The molecule has 1 fully saturated rings. The molecule has 3 nitrogen and oxygen atoms in total. The smallest absolute Gasteiger partial charge is 0.354 e. The first-order valence-electron chi connectivity index (χ1n) is 5.60. The third-order valence-corrected chi connectivity index (χ3v) is 2.80. The Morgan fingerprint density at radius 1 is 1.22 bits per heavy atom. The molecule has 1 heterocycles. The number of hydrogen-bond donors (Lipinski definition) is 1. The van der Waals surface area contributed by atoms with Gasteiger partial charge in [0.1, 0.15) is 0 Å². The van der Waals surface area contributed by atoms with Crippen LogP contribution in [-0.2, 0) is 17.5 Å². The Morgan fingerprint density at radius 3 is 2.44 bits per heavy atom.